The van der Waals surface area contributed by atoms with Crippen molar-refractivity contribution in [2.75, 3.05) is 0 Å². The van der Waals surface area contributed by atoms with Crippen molar-refractivity contribution in [3.05, 3.63) is 22.2 Å². The Balaban J connectivity index is 0.000000581. The summed E-state index contributed by atoms with van der Waals surface area (Å²) in [6.07, 6.45) is 0. The molecule has 1 aliphatic rings. The summed E-state index contributed by atoms with van der Waals surface area (Å²) >= 11 is 5.71. The van der Waals surface area contributed by atoms with Crippen LogP contribution >= 0.6 is 11.6 Å². The molecule has 0 saturated carbocycles. The minimum atomic E-state index is -0.378. The second-order valence-electron chi connectivity index (χ2n) is 2.77. The number of fused-ring (bicyclic) bond motifs is 1. The van der Waals surface area contributed by atoms with E-state index in [-0.39, 0.29) is 22.4 Å². The molecule has 0 aromatic heterocycles. The van der Waals surface area contributed by atoms with Crippen LogP contribution in [0.2, 0.25) is 5.02 Å². The van der Waals surface area contributed by atoms with Crippen LogP contribution in [0.4, 0.5) is 0 Å². The van der Waals surface area contributed by atoms with Gasteiger partial charge in [-0.15, -0.1) is 0 Å². The number of benzene rings is 1. The summed E-state index contributed by atoms with van der Waals surface area (Å²) in [5.41, 5.74) is 0.849. The van der Waals surface area contributed by atoms with Crippen LogP contribution in [0.25, 0.3) is 0 Å². The van der Waals surface area contributed by atoms with E-state index in [2.05, 4.69) is 5.32 Å². The second kappa shape index (κ2) is 7.01. The van der Waals surface area contributed by atoms with E-state index in [1.807, 2.05) is 27.7 Å². The first-order chi connectivity index (χ1) is 8.11. The van der Waals surface area contributed by atoms with E-state index < -0.39 is 0 Å². The molecule has 1 aromatic carbocycles. The highest BCUT2D eigenvalue weighted by atomic mass is 35.5. The Morgan fingerprint density at radius 1 is 1.24 bits per heavy atom. The highest BCUT2D eigenvalue weighted by molar-refractivity contribution is 6.33. The maximum atomic E-state index is 11.1. The van der Waals surface area contributed by atoms with Gasteiger partial charge in [0.2, 0.25) is 0 Å². The SMILES string of the molecule is CC.CC.O=C1NCc2c1cc(O)c(O)c2Cl. The van der Waals surface area contributed by atoms with Crippen molar-refractivity contribution in [2.45, 2.75) is 34.2 Å². The van der Waals surface area contributed by atoms with Crippen molar-refractivity contribution in [3.63, 3.8) is 0 Å². The summed E-state index contributed by atoms with van der Waals surface area (Å²) in [6.45, 7) is 8.29. The number of carbonyl (C=O) groups is 1. The lowest BCUT2D eigenvalue weighted by molar-refractivity contribution is 0.0965. The van der Waals surface area contributed by atoms with Crippen LogP contribution in [0.5, 0.6) is 11.5 Å². The van der Waals surface area contributed by atoms with E-state index >= 15 is 0 Å². The number of nitrogens with one attached hydrogen (secondary N) is 1. The molecule has 0 unspecified atom stereocenters. The highest BCUT2D eigenvalue weighted by Crippen LogP contribution is 2.39. The molecule has 0 spiro atoms. The van der Waals surface area contributed by atoms with E-state index in [1.54, 1.807) is 0 Å². The summed E-state index contributed by atoms with van der Waals surface area (Å²) in [4.78, 5) is 11.1. The predicted molar refractivity (Wildman–Crippen MR) is 68.6 cm³/mol. The zero-order valence-electron chi connectivity index (χ0n) is 10.5. The molecule has 3 N–H and O–H groups in total. The average Bonchev–Trinajstić information content (AvgIpc) is 2.73. The number of halogens is 1. The van der Waals surface area contributed by atoms with E-state index in [9.17, 15) is 9.90 Å². The third kappa shape index (κ3) is 3.03. The molecule has 0 aliphatic carbocycles. The first-order valence-corrected chi connectivity index (χ1v) is 6.00. The van der Waals surface area contributed by atoms with Gasteiger partial charge < -0.3 is 15.5 Å². The molecule has 0 atom stereocenters. The summed E-state index contributed by atoms with van der Waals surface area (Å²) in [6, 6.07) is 1.21. The molecule has 2 rings (SSSR count). The van der Waals surface area contributed by atoms with Crippen molar-refractivity contribution in [2.24, 2.45) is 0 Å². The Hall–Kier alpha value is -1.42. The van der Waals surface area contributed by atoms with Crippen LogP contribution < -0.4 is 5.32 Å². The van der Waals surface area contributed by atoms with Crippen LogP contribution in [0.15, 0.2) is 6.07 Å². The average molecular weight is 260 g/mol. The fourth-order valence-corrected chi connectivity index (χ4v) is 1.57. The summed E-state index contributed by atoms with van der Waals surface area (Å²) in [5.74, 6) is -1.04. The Morgan fingerprint density at radius 2 is 1.76 bits per heavy atom. The molecule has 1 aliphatic heterocycles. The van der Waals surface area contributed by atoms with Gasteiger partial charge in [-0.1, -0.05) is 39.3 Å². The van der Waals surface area contributed by atoms with E-state index in [0.717, 1.165) is 0 Å². The van der Waals surface area contributed by atoms with Crippen molar-refractivity contribution < 1.29 is 15.0 Å². The van der Waals surface area contributed by atoms with Gasteiger partial charge in [-0.2, -0.15) is 0 Å². The van der Waals surface area contributed by atoms with Gasteiger partial charge in [-0.05, 0) is 6.07 Å². The smallest absolute Gasteiger partial charge is 0.252 e. The quantitative estimate of drug-likeness (QED) is 0.627. The minimum Gasteiger partial charge on any atom is -0.504 e. The molecule has 17 heavy (non-hydrogen) atoms. The van der Waals surface area contributed by atoms with Crippen LogP contribution in [-0.4, -0.2) is 16.1 Å². The Bertz CT molecular complexity index is 405. The van der Waals surface area contributed by atoms with Crippen molar-refractivity contribution in [3.8, 4) is 11.5 Å². The summed E-state index contributed by atoms with van der Waals surface area (Å²) < 4.78 is 0. The third-order valence-corrected chi connectivity index (χ3v) is 2.40. The molecule has 5 heteroatoms. The monoisotopic (exact) mass is 259 g/mol. The number of hydrogen-bond donors (Lipinski definition) is 3. The number of rotatable bonds is 0. The van der Waals surface area contributed by atoms with Crippen LogP contribution in [-0.2, 0) is 6.54 Å². The molecule has 0 saturated heterocycles. The van der Waals surface area contributed by atoms with Gasteiger partial charge in [-0.25, -0.2) is 0 Å². The first kappa shape index (κ1) is 15.6. The number of phenolic OH excluding ortho intramolecular Hbond substituents is 2. The number of carbonyl (C=O) groups excluding carboxylic acids is 1. The summed E-state index contributed by atoms with van der Waals surface area (Å²) in [5, 5.41) is 21.0. The van der Waals surface area contributed by atoms with Gasteiger partial charge in [0.25, 0.3) is 5.91 Å². The molecule has 0 fully saturated rings. The van der Waals surface area contributed by atoms with E-state index in [1.165, 1.54) is 6.07 Å². The molecule has 1 heterocycles. The van der Waals surface area contributed by atoms with Crippen molar-refractivity contribution in [1.82, 2.24) is 5.32 Å². The highest BCUT2D eigenvalue weighted by Gasteiger charge is 2.25. The topological polar surface area (TPSA) is 69.6 Å². The van der Waals surface area contributed by atoms with Crippen LogP contribution in [0.1, 0.15) is 43.6 Å². The zero-order valence-corrected chi connectivity index (χ0v) is 11.2. The molecule has 1 aromatic rings. The van der Waals surface area contributed by atoms with E-state index in [0.29, 0.717) is 17.7 Å². The standard InChI is InChI=1S/C8H6ClNO3.2C2H6/c9-6-4-2-10-8(13)3(4)1-5(11)7(6)12;2*1-2/h1,11-12H,2H2,(H,10,13);2*1-2H3. The largest absolute Gasteiger partial charge is 0.504 e. The van der Waals surface area contributed by atoms with Gasteiger partial charge in [0.15, 0.2) is 11.5 Å². The molecular weight excluding hydrogens is 242 g/mol. The normalized spacial score (nSPS) is 11.5. The lowest BCUT2D eigenvalue weighted by Crippen LogP contribution is -2.12. The van der Waals surface area contributed by atoms with Gasteiger partial charge in [-0.3, -0.25) is 4.79 Å². The van der Waals surface area contributed by atoms with Crippen LogP contribution in [0, 0.1) is 0 Å². The molecule has 0 radical (unpaired) electrons. The number of phenols is 2. The number of aromatic hydroxyl groups is 2. The van der Waals surface area contributed by atoms with E-state index in [4.69, 9.17) is 16.7 Å². The molecule has 96 valence electrons. The predicted octanol–water partition coefficient (Wildman–Crippen LogP) is 3.05. The second-order valence-corrected chi connectivity index (χ2v) is 3.15. The Labute approximate surface area is 106 Å². The van der Waals surface area contributed by atoms with Gasteiger partial charge in [0, 0.05) is 17.7 Å². The number of amides is 1. The van der Waals surface area contributed by atoms with Crippen LogP contribution in [0.3, 0.4) is 0 Å². The van der Waals surface area contributed by atoms with Gasteiger partial charge in [0.1, 0.15) is 0 Å². The molecule has 4 nitrogen and oxygen atoms in total. The molecule has 0 bridgehead atoms. The van der Waals surface area contributed by atoms with Gasteiger partial charge in [0.05, 0.1) is 5.02 Å². The minimum absolute atomic E-state index is 0.0355. The maximum Gasteiger partial charge on any atom is 0.252 e. The molecular formula is C12H18ClNO3. The van der Waals surface area contributed by atoms with Crippen molar-refractivity contribution in [1.29, 1.82) is 0 Å². The lowest BCUT2D eigenvalue weighted by atomic mass is 10.1. The van der Waals surface area contributed by atoms with Gasteiger partial charge >= 0.3 is 0 Å². The number of hydrogen-bond acceptors (Lipinski definition) is 3. The third-order valence-electron chi connectivity index (χ3n) is 1.99. The lowest BCUT2D eigenvalue weighted by Gasteiger charge is -2.03. The fraction of sp³-hybridized carbons (Fsp3) is 0.417. The Morgan fingerprint density at radius 3 is 2.29 bits per heavy atom. The maximum absolute atomic E-state index is 11.1. The summed E-state index contributed by atoms with van der Waals surface area (Å²) in [7, 11) is 0. The first-order valence-electron chi connectivity index (χ1n) is 5.62. The fourth-order valence-electron chi connectivity index (χ4n) is 1.31. The molecule has 1 amide bonds. The Kier molecular flexibility index (Phi) is 6.43. The van der Waals surface area contributed by atoms with Crippen molar-refractivity contribution >= 4 is 17.5 Å². The zero-order chi connectivity index (χ0) is 13.6.